The van der Waals surface area contributed by atoms with Crippen LogP contribution in [0.4, 0.5) is 0 Å². The summed E-state index contributed by atoms with van der Waals surface area (Å²) in [4.78, 5) is 55.8. The molecule has 504 valence electrons. The molecule has 3 heterocycles. The fourth-order valence-electron chi connectivity index (χ4n) is 17.5. The summed E-state index contributed by atoms with van der Waals surface area (Å²) < 4.78 is 47.9. The Labute approximate surface area is 518 Å². The lowest BCUT2D eigenvalue weighted by Crippen LogP contribution is -2.68. The number of carbonyl (C=O) groups excluding carboxylic acids is 4. The molecule has 7 fully saturated rings. The van der Waals surface area contributed by atoms with E-state index < -0.39 is 182 Å². The van der Waals surface area contributed by atoms with Gasteiger partial charge in [0, 0.05) is 12.8 Å². The molecule has 8 aliphatic rings. The van der Waals surface area contributed by atoms with Crippen LogP contribution in [-0.4, -0.2) is 210 Å². The van der Waals surface area contributed by atoms with Crippen LogP contribution in [-0.2, 0) is 57.1 Å². The average Bonchev–Trinajstić information content (AvgIpc) is 0.738. The molecule has 11 N–H and O–H groups in total. The zero-order chi connectivity index (χ0) is 65.1. The second-order valence-electron chi connectivity index (χ2n) is 29.7. The summed E-state index contributed by atoms with van der Waals surface area (Å²) in [7, 11) is 0. The lowest BCUT2D eigenvalue weighted by Gasteiger charge is -2.71. The third-order valence-corrected chi connectivity index (χ3v) is 23.8. The van der Waals surface area contributed by atoms with Crippen molar-refractivity contribution in [2.45, 2.75) is 302 Å². The van der Waals surface area contributed by atoms with Crippen molar-refractivity contribution in [3.8, 4) is 0 Å². The third-order valence-electron chi connectivity index (χ3n) is 23.8. The van der Waals surface area contributed by atoms with Crippen molar-refractivity contribution < 1.29 is 113 Å². The molecule has 23 heteroatoms. The maximum atomic E-state index is 15.6. The lowest BCUT2D eigenvalue weighted by molar-refractivity contribution is -0.359. The fourth-order valence-corrected chi connectivity index (χ4v) is 17.5. The minimum atomic E-state index is -1.90. The van der Waals surface area contributed by atoms with Gasteiger partial charge in [-0.2, -0.15) is 0 Å². The van der Waals surface area contributed by atoms with Crippen molar-refractivity contribution in [2.75, 3.05) is 6.61 Å². The highest BCUT2D eigenvalue weighted by atomic mass is 16.8. The molecule has 3 saturated heterocycles. The van der Waals surface area contributed by atoms with E-state index in [1.807, 2.05) is 27.7 Å². The van der Waals surface area contributed by atoms with Gasteiger partial charge in [0.15, 0.2) is 24.8 Å². The predicted molar refractivity (Wildman–Crippen MR) is 312 cm³/mol. The van der Waals surface area contributed by atoms with Crippen molar-refractivity contribution in [2.24, 2.45) is 62.1 Å². The highest BCUT2D eigenvalue weighted by Crippen LogP contribution is 2.76. The number of hydrogen-bond acceptors (Lipinski definition) is 23. The SMILES string of the molecule is CC[C@H](C)C(CC(O)CC(=O)O[C@H]1[C@@H](O)[C@H](O[C@@H]2O[C@@H](C)[C@H](O)[C@@H](O)[C@H]2O)[C@@H](OC(=O)[C@]23CCC(C)(C)C[C@H]2C2=CCC4[C@@]5(C)CC[C@H](O)[C@@](C)(C=O)C5CC[C@@]4(C)[C@]2(C)C[C@H]3O)O[C@H]1C)OC(=O)C[C@@H](O)CC(O[C@@H]1O[C@@H](CO)[C@H](O)[C@H]1O)[C@@H](C)CC. The summed E-state index contributed by atoms with van der Waals surface area (Å²) >= 11 is 0. The van der Waals surface area contributed by atoms with Gasteiger partial charge in [-0.05, 0) is 123 Å². The molecular weight excluding hydrogens is 1150 g/mol. The molecule has 30 atom stereocenters. The van der Waals surface area contributed by atoms with Crippen LogP contribution in [0.3, 0.4) is 0 Å². The van der Waals surface area contributed by atoms with E-state index in [2.05, 4.69) is 40.7 Å². The second kappa shape index (κ2) is 27.3. The zero-order valence-electron chi connectivity index (χ0n) is 53.7. The Morgan fingerprint density at radius 2 is 1.27 bits per heavy atom. The number of carbonyl (C=O) groups is 4. The Kier molecular flexibility index (Phi) is 22.0. The van der Waals surface area contributed by atoms with E-state index in [9.17, 15) is 70.6 Å². The van der Waals surface area contributed by atoms with Crippen molar-refractivity contribution in [1.29, 1.82) is 0 Å². The maximum absolute atomic E-state index is 15.6. The number of allylic oxidation sites excluding steroid dienone is 2. The van der Waals surface area contributed by atoms with Crippen LogP contribution in [0.1, 0.15) is 179 Å². The molecule has 4 saturated carbocycles. The molecule has 0 spiro atoms. The number of hydrogen-bond donors (Lipinski definition) is 11. The van der Waals surface area contributed by atoms with Crippen molar-refractivity contribution in [1.82, 2.24) is 0 Å². The number of rotatable bonds is 22. The van der Waals surface area contributed by atoms with E-state index in [4.69, 9.17) is 37.9 Å². The summed E-state index contributed by atoms with van der Waals surface area (Å²) in [5.41, 5.74) is -2.91. The van der Waals surface area contributed by atoms with Crippen LogP contribution >= 0.6 is 0 Å². The topological polar surface area (TPSA) is 365 Å². The molecule has 5 unspecified atom stereocenters. The van der Waals surface area contributed by atoms with Gasteiger partial charge in [-0.15, -0.1) is 0 Å². The van der Waals surface area contributed by atoms with Gasteiger partial charge in [0.1, 0.15) is 60.5 Å². The van der Waals surface area contributed by atoms with E-state index in [1.165, 1.54) is 13.8 Å². The van der Waals surface area contributed by atoms with Crippen LogP contribution in [0.5, 0.6) is 0 Å². The molecule has 23 nitrogen and oxygen atoms in total. The van der Waals surface area contributed by atoms with E-state index in [0.29, 0.717) is 44.9 Å². The quantitative estimate of drug-likeness (QED) is 0.0321. The summed E-state index contributed by atoms with van der Waals surface area (Å²) in [6, 6.07) is 0. The number of aliphatic hydroxyl groups is 11. The van der Waals surface area contributed by atoms with Gasteiger partial charge in [0.05, 0.1) is 67.6 Å². The second-order valence-corrected chi connectivity index (χ2v) is 29.7. The minimum absolute atomic E-state index is 0.0523. The van der Waals surface area contributed by atoms with Gasteiger partial charge in [0.25, 0.3) is 0 Å². The van der Waals surface area contributed by atoms with Crippen molar-refractivity contribution >= 4 is 24.2 Å². The van der Waals surface area contributed by atoms with E-state index in [-0.39, 0.29) is 65.6 Å². The smallest absolute Gasteiger partial charge is 0.317 e. The molecule has 88 heavy (non-hydrogen) atoms. The molecule has 0 aromatic rings. The Morgan fingerprint density at radius 3 is 1.90 bits per heavy atom. The van der Waals surface area contributed by atoms with Crippen LogP contribution in [0, 0.1) is 62.1 Å². The summed E-state index contributed by atoms with van der Waals surface area (Å²) in [6.07, 6.45) is -20.3. The van der Waals surface area contributed by atoms with Gasteiger partial charge in [0.2, 0.25) is 6.29 Å². The van der Waals surface area contributed by atoms with Gasteiger partial charge < -0.3 is 98.9 Å². The molecule has 0 bridgehead atoms. The van der Waals surface area contributed by atoms with Crippen LogP contribution < -0.4 is 0 Å². The minimum Gasteiger partial charge on any atom is -0.462 e. The fraction of sp³-hybridized carbons (Fsp3) is 0.908. The lowest BCUT2D eigenvalue weighted by atomic mass is 9.33. The Balaban J connectivity index is 0.978. The van der Waals surface area contributed by atoms with Crippen LogP contribution in [0.25, 0.3) is 0 Å². The summed E-state index contributed by atoms with van der Waals surface area (Å²) in [6.45, 7) is 22.6. The number of aldehydes is 1. The maximum Gasteiger partial charge on any atom is 0.317 e. The van der Waals surface area contributed by atoms with Gasteiger partial charge in [-0.3, -0.25) is 14.4 Å². The number of esters is 3. The van der Waals surface area contributed by atoms with E-state index in [0.717, 1.165) is 24.7 Å². The number of fused-ring (bicyclic) bond motifs is 7. The first-order valence-corrected chi connectivity index (χ1v) is 32.6. The van der Waals surface area contributed by atoms with Crippen LogP contribution in [0.2, 0.25) is 0 Å². The molecular formula is C65H106O23. The molecule has 0 aromatic carbocycles. The molecule has 8 rings (SSSR count). The first kappa shape index (κ1) is 71.0. The monoisotopic (exact) mass is 1250 g/mol. The zero-order valence-corrected chi connectivity index (χ0v) is 53.7. The number of ether oxygens (including phenoxy) is 8. The number of aliphatic hydroxyl groups excluding tert-OH is 11. The predicted octanol–water partition coefficient (Wildman–Crippen LogP) is 3.18. The first-order valence-electron chi connectivity index (χ1n) is 32.6. The standard InChI is InChI=1S/C65H106O23/c1-13-31(3)39(83-46(72)25-36(69)24-40(32(4)14-2)84-57-51(77)49(75)41(29-66)85-57)23-35(68)26-47(73)86-54-34(6)82-58(55(53(54)79)87-56-52(78)50(76)48(74)33(5)81-56)88-59(80)65-22-21-60(7,8)27-38(65)37-15-16-43-61(9)19-18-44(70)62(10,30-67)42(61)17-20-63(43,11)64(37,12)28-45(65)71/h15,30-36,38-45,48-58,66,68-71,74-79H,13-14,16-29H2,1-12H3/t31-,32-,33-,34-,35?,36-,38-,39?,40?,41-,42?,43?,44-,45+,48-,49-,50+,51+,52+,53+,54+,55-,56-,57+,58+,61-,62-,63+,64+,65+/m0/s1. The summed E-state index contributed by atoms with van der Waals surface area (Å²) in [5, 5.41) is 122. The van der Waals surface area contributed by atoms with E-state index >= 15 is 4.79 Å². The molecule has 0 radical (unpaired) electrons. The van der Waals surface area contributed by atoms with Gasteiger partial charge in [-0.1, -0.05) is 93.7 Å². The average molecular weight is 1260 g/mol. The largest absolute Gasteiger partial charge is 0.462 e. The Bertz CT molecular complexity index is 2460. The third kappa shape index (κ3) is 13.1. The van der Waals surface area contributed by atoms with Crippen LogP contribution in [0.15, 0.2) is 11.6 Å². The Hall–Kier alpha value is -2.82. The van der Waals surface area contributed by atoms with Crippen molar-refractivity contribution in [3.63, 3.8) is 0 Å². The molecule has 0 aromatic heterocycles. The first-order chi connectivity index (χ1) is 41.1. The van der Waals surface area contributed by atoms with Gasteiger partial charge in [-0.25, -0.2) is 0 Å². The van der Waals surface area contributed by atoms with Crippen molar-refractivity contribution in [3.05, 3.63) is 11.6 Å². The molecule has 0 amide bonds. The molecule has 5 aliphatic carbocycles. The summed E-state index contributed by atoms with van der Waals surface area (Å²) in [5.74, 6) is -3.64. The molecule has 3 aliphatic heterocycles. The van der Waals surface area contributed by atoms with Gasteiger partial charge >= 0.3 is 17.9 Å². The Morgan fingerprint density at radius 1 is 0.659 bits per heavy atom. The highest BCUT2D eigenvalue weighted by molar-refractivity contribution is 5.80. The highest BCUT2D eigenvalue weighted by Gasteiger charge is 2.72. The normalized spacial score (nSPS) is 45.9. The van der Waals surface area contributed by atoms with E-state index in [1.54, 1.807) is 6.92 Å².